The molecule has 1 saturated carbocycles. The molecule has 0 saturated heterocycles. The smallest absolute Gasteiger partial charge is 0.166 e. The summed E-state index contributed by atoms with van der Waals surface area (Å²) in [5.41, 5.74) is 1.86. The largest absolute Gasteiger partial charge is 0.508 e. The van der Waals surface area contributed by atoms with Gasteiger partial charge in [0.15, 0.2) is 17.3 Å². The van der Waals surface area contributed by atoms with Gasteiger partial charge >= 0.3 is 0 Å². The molecule has 1 aliphatic rings. The van der Waals surface area contributed by atoms with E-state index < -0.39 is 17.8 Å². The molecule has 3 aromatic rings. The molecule has 4 rings (SSSR count). The van der Waals surface area contributed by atoms with Crippen LogP contribution >= 0.6 is 0 Å². The van der Waals surface area contributed by atoms with E-state index in [-0.39, 0.29) is 34.6 Å². The van der Waals surface area contributed by atoms with Gasteiger partial charge in [-0.2, -0.15) is 0 Å². The Kier molecular flexibility index (Phi) is 6.50. The van der Waals surface area contributed by atoms with E-state index in [4.69, 9.17) is 0 Å². The van der Waals surface area contributed by atoms with Crippen LogP contribution in [0.2, 0.25) is 0 Å². The summed E-state index contributed by atoms with van der Waals surface area (Å²) in [6.45, 7) is 1.71. The Labute approximate surface area is 197 Å². The minimum absolute atomic E-state index is 0.0522. The number of Topliss-reactive ketones (excluding diaryl/α,β-unsaturated/α-hetero) is 3. The third kappa shape index (κ3) is 4.86. The van der Waals surface area contributed by atoms with Gasteiger partial charge in [0.1, 0.15) is 17.2 Å². The normalized spacial score (nSPS) is 20.0. The summed E-state index contributed by atoms with van der Waals surface area (Å²) in [5, 5.41) is 28.9. The maximum atomic E-state index is 13.4. The van der Waals surface area contributed by atoms with E-state index in [0.717, 1.165) is 0 Å². The highest BCUT2D eigenvalue weighted by atomic mass is 16.3. The van der Waals surface area contributed by atoms with Crippen molar-refractivity contribution in [1.82, 2.24) is 0 Å². The highest BCUT2D eigenvalue weighted by Crippen LogP contribution is 2.39. The Morgan fingerprint density at radius 1 is 0.588 bits per heavy atom. The summed E-state index contributed by atoms with van der Waals surface area (Å²) in [5.74, 6) is -1.88. The summed E-state index contributed by atoms with van der Waals surface area (Å²) >= 11 is 0. The van der Waals surface area contributed by atoms with Crippen LogP contribution < -0.4 is 0 Å². The third-order valence-corrected chi connectivity index (χ3v) is 6.60. The molecule has 6 nitrogen and oxygen atoms in total. The lowest BCUT2D eigenvalue weighted by Crippen LogP contribution is -2.35. The Morgan fingerprint density at radius 3 is 1.32 bits per heavy atom. The summed E-state index contributed by atoms with van der Waals surface area (Å²) in [6, 6.07) is 16.6. The number of hydrogen-bond donors (Lipinski definition) is 3. The molecular formula is C28H26O6. The third-order valence-electron chi connectivity index (χ3n) is 6.60. The molecule has 0 amide bonds. The van der Waals surface area contributed by atoms with Crippen molar-refractivity contribution in [3.05, 3.63) is 89.0 Å². The summed E-state index contributed by atoms with van der Waals surface area (Å²) < 4.78 is 0. The van der Waals surface area contributed by atoms with Gasteiger partial charge in [-0.05, 0) is 98.5 Å². The number of phenols is 3. The Balaban J connectivity index is 1.64. The van der Waals surface area contributed by atoms with Crippen molar-refractivity contribution >= 4 is 17.3 Å². The summed E-state index contributed by atoms with van der Waals surface area (Å²) in [6.07, 6.45) is 0.952. The van der Waals surface area contributed by atoms with Gasteiger partial charge in [0.2, 0.25) is 0 Å². The second-order valence-electron chi connectivity index (χ2n) is 8.99. The molecule has 1 aliphatic carbocycles. The Bertz CT molecular complexity index is 1160. The molecule has 0 bridgehead atoms. The average molecular weight is 459 g/mol. The van der Waals surface area contributed by atoms with Gasteiger partial charge in [-0.15, -0.1) is 0 Å². The molecule has 6 heteroatoms. The minimum atomic E-state index is -0.533. The molecule has 0 heterocycles. The van der Waals surface area contributed by atoms with Crippen LogP contribution in [0.4, 0.5) is 0 Å². The molecule has 0 spiro atoms. The zero-order valence-corrected chi connectivity index (χ0v) is 18.8. The zero-order chi connectivity index (χ0) is 24.4. The Morgan fingerprint density at radius 2 is 0.941 bits per heavy atom. The van der Waals surface area contributed by atoms with E-state index in [9.17, 15) is 29.7 Å². The standard InChI is InChI=1S/C28H26O6/c1-16-12-19(6-11-25(16)31)28(34)22-14-20(26(32)17-2-7-23(29)8-3-17)13-21(15-22)27(33)18-4-9-24(30)10-5-18/h2-12,20-22,29-31H,13-15H2,1H3. The Hall–Kier alpha value is -3.93. The maximum Gasteiger partial charge on any atom is 0.166 e. The van der Waals surface area contributed by atoms with Crippen molar-refractivity contribution in [3.8, 4) is 17.2 Å². The fourth-order valence-corrected chi connectivity index (χ4v) is 4.73. The van der Waals surface area contributed by atoms with E-state index in [1.54, 1.807) is 43.3 Å². The molecule has 0 radical (unpaired) electrons. The number of aromatic hydroxyl groups is 3. The van der Waals surface area contributed by atoms with Gasteiger partial charge in [0, 0.05) is 34.4 Å². The van der Waals surface area contributed by atoms with Crippen LogP contribution in [0.3, 0.4) is 0 Å². The SMILES string of the molecule is Cc1cc(C(=O)C2CC(C(=O)c3ccc(O)cc3)CC(C(=O)c3ccc(O)cc3)C2)ccc1O. The van der Waals surface area contributed by atoms with Gasteiger partial charge in [0.05, 0.1) is 0 Å². The zero-order valence-electron chi connectivity index (χ0n) is 18.8. The fraction of sp³-hybridized carbons (Fsp3) is 0.250. The molecule has 34 heavy (non-hydrogen) atoms. The highest BCUT2D eigenvalue weighted by Gasteiger charge is 2.39. The molecule has 1 fully saturated rings. The number of benzene rings is 3. The molecule has 174 valence electrons. The van der Waals surface area contributed by atoms with E-state index in [1.165, 1.54) is 30.3 Å². The minimum Gasteiger partial charge on any atom is -0.508 e. The van der Waals surface area contributed by atoms with Gasteiger partial charge < -0.3 is 15.3 Å². The lowest BCUT2D eigenvalue weighted by atomic mass is 9.68. The van der Waals surface area contributed by atoms with Crippen LogP contribution in [0.1, 0.15) is 55.9 Å². The summed E-state index contributed by atoms with van der Waals surface area (Å²) in [7, 11) is 0. The van der Waals surface area contributed by atoms with Crippen LogP contribution in [-0.2, 0) is 0 Å². The maximum absolute atomic E-state index is 13.4. The fourth-order valence-electron chi connectivity index (χ4n) is 4.73. The van der Waals surface area contributed by atoms with Crippen LogP contribution in [-0.4, -0.2) is 32.7 Å². The molecule has 2 atom stereocenters. The number of hydrogen-bond acceptors (Lipinski definition) is 6. The first-order valence-electron chi connectivity index (χ1n) is 11.2. The van der Waals surface area contributed by atoms with Crippen LogP contribution in [0, 0.1) is 24.7 Å². The van der Waals surface area contributed by atoms with E-state index in [2.05, 4.69) is 0 Å². The summed E-state index contributed by atoms with van der Waals surface area (Å²) in [4.78, 5) is 40.0. The first kappa shape index (κ1) is 23.2. The first-order chi connectivity index (χ1) is 16.2. The molecule has 3 N–H and O–H groups in total. The van der Waals surface area contributed by atoms with Crippen molar-refractivity contribution in [2.75, 3.05) is 0 Å². The van der Waals surface area contributed by atoms with Crippen LogP contribution in [0.15, 0.2) is 66.7 Å². The van der Waals surface area contributed by atoms with E-state index >= 15 is 0 Å². The molecular weight excluding hydrogens is 432 g/mol. The molecule has 0 aromatic heterocycles. The predicted octanol–water partition coefficient (Wildman–Crippen LogP) is 5.09. The van der Waals surface area contributed by atoms with Crippen LogP contribution in [0.5, 0.6) is 17.2 Å². The number of rotatable bonds is 6. The average Bonchev–Trinajstić information content (AvgIpc) is 2.85. The number of aryl methyl sites for hydroxylation is 1. The topological polar surface area (TPSA) is 112 Å². The van der Waals surface area contributed by atoms with Gasteiger partial charge in [-0.3, -0.25) is 14.4 Å². The molecule has 3 aromatic carbocycles. The van der Waals surface area contributed by atoms with Crippen molar-refractivity contribution in [1.29, 1.82) is 0 Å². The van der Waals surface area contributed by atoms with Crippen molar-refractivity contribution in [2.24, 2.45) is 17.8 Å². The van der Waals surface area contributed by atoms with Crippen molar-refractivity contribution in [2.45, 2.75) is 26.2 Å². The van der Waals surface area contributed by atoms with Crippen molar-refractivity contribution < 1.29 is 29.7 Å². The quantitative estimate of drug-likeness (QED) is 0.444. The van der Waals surface area contributed by atoms with Gasteiger partial charge in [-0.1, -0.05) is 0 Å². The molecule has 2 unspecified atom stereocenters. The molecule has 0 aliphatic heterocycles. The highest BCUT2D eigenvalue weighted by molar-refractivity contribution is 6.03. The lowest BCUT2D eigenvalue weighted by Gasteiger charge is -2.33. The monoisotopic (exact) mass is 458 g/mol. The number of phenolic OH excluding ortho intramolecular Hbond substituents is 3. The van der Waals surface area contributed by atoms with E-state index in [1.807, 2.05) is 0 Å². The number of carbonyl (C=O) groups is 3. The van der Waals surface area contributed by atoms with Gasteiger partial charge in [0.25, 0.3) is 0 Å². The van der Waals surface area contributed by atoms with Crippen LogP contribution in [0.25, 0.3) is 0 Å². The lowest BCUT2D eigenvalue weighted by molar-refractivity contribution is 0.0682. The first-order valence-corrected chi connectivity index (χ1v) is 11.2. The number of carbonyl (C=O) groups excluding carboxylic acids is 3. The number of ketones is 3. The second-order valence-corrected chi connectivity index (χ2v) is 8.99. The van der Waals surface area contributed by atoms with Gasteiger partial charge in [-0.25, -0.2) is 0 Å². The second kappa shape index (κ2) is 9.51. The van der Waals surface area contributed by atoms with E-state index in [0.29, 0.717) is 41.5 Å². The predicted molar refractivity (Wildman–Crippen MR) is 126 cm³/mol. The van der Waals surface area contributed by atoms with Crippen molar-refractivity contribution in [3.63, 3.8) is 0 Å².